The van der Waals surface area contributed by atoms with Crippen LogP contribution >= 0.6 is 0 Å². The number of hydrogen-bond acceptors (Lipinski definition) is 3. The van der Waals surface area contributed by atoms with E-state index in [1.54, 1.807) is 0 Å². The highest BCUT2D eigenvalue weighted by atomic mass is 16.7. The Morgan fingerprint density at radius 3 is 2.94 bits per heavy atom. The van der Waals surface area contributed by atoms with Gasteiger partial charge in [0.2, 0.25) is 0 Å². The van der Waals surface area contributed by atoms with Crippen LogP contribution in [0, 0.1) is 17.3 Å². The molecule has 1 aliphatic heterocycles. The fourth-order valence-electron chi connectivity index (χ4n) is 4.41. The number of ether oxygens (including phenoxy) is 2. The third kappa shape index (κ3) is 1.17. The maximum Gasteiger partial charge on any atom is 0.175 e. The van der Waals surface area contributed by atoms with Gasteiger partial charge < -0.3 is 9.47 Å². The van der Waals surface area contributed by atoms with Gasteiger partial charge in [-0.3, -0.25) is 4.79 Å². The maximum absolute atomic E-state index is 12.4. The zero-order valence-electron chi connectivity index (χ0n) is 9.98. The van der Waals surface area contributed by atoms with Crippen LogP contribution in [0.25, 0.3) is 0 Å². The van der Waals surface area contributed by atoms with Crippen LogP contribution in [0.4, 0.5) is 0 Å². The second-order valence-corrected chi connectivity index (χ2v) is 5.94. The first kappa shape index (κ1) is 10.3. The topological polar surface area (TPSA) is 35.5 Å². The van der Waals surface area contributed by atoms with Gasteiger partial charge >= 0.3 is 0 Å². The standard InChI is InChI=1S/C14H18O3/c15-12-3-1-2-10-8-11-4-5-13(10,12)9-14(11)16-6-7-17-14/h4-5,10-11H,1-3,6-9H2/t10-,11+,13-/m1/s1. The minimum absolute atomic E-state index is 0.253. The highest BCUT2D eigenvalue weighted by Crippen LogP contribution is 2.60. The van der Waals surface area contributed by atoms with E-state index in [2.05, 4.69) is 12.2 Å². The van der Waals surface area contributed by atoms with Gasteiger partial charge in [0.15, 0.2) is 5.79 Å². The minimum atomic E-state index is -0.460. The van der Waals surface area contributed by atoms with Crippen molar-refractivity contribution in [3.63, 3.8) is 0 Å². The molecule has 0 aromatic heterocycles. The van der Waals surface area contributed by atoms with E-state index in [0.29, 0.717) is 30.8 Å². The average Bonchev–Trinajstić information content (AvgIpc) is 2.79. The molecule has 1 heterocycles. The molecule has 0 aromatic carbocycles. The molecule has 3 fully saturated rings. The van der Waals surface area contributed by atoms with Crippen molar-refractivity contribution >= 4 is 5.78 Å². The lowest BCUT2D eigenvalue weighted by Crippen LogP contribution is -2.58. The number of allylic oxidation sites excluding steroid dienone is 1. The first-order valence-electron chi connectivity index (χ1n) is 6.76. The number of hydrogen-bond donors (Lipinski definition) is 0. The molecule has 4 aliphatic carbocycles. The second kappa shape index (κ2) is 3.21. The first-order valence-corrected chi connectivity index (χ1v) is 6.76. The fraction of sp³-hybridized carbons (Fsp3) is 0.786. The lowest BCUT2D eigenvalue weighted by atomic mass is 9.51. The predicted molar refractivity (Wildman–Crippen MR) is 61.3 cm³/mol. The van der Waals surface area contributed by atoms with Gasteiger partial charge in [0, 0.05) is 18.8 Å². The van der Waals surface area contributed by atoms with E-state index >= 15 is 0 Å². The van der Waals surface area contributed by atoms with Gasteiger partial charge in [-0.25, -0.2) is 0 Å². The van der Waals surface area contributed by atoms with E-state index in [1.165, 1.54) is 6.42 Å². The molecule has 0 amide bonds. The molecule has 0 aromatic rings. The van der Waals surface area contributed by atoms with Crippen molar-refractivity contribution in [2.75, 3.05) is 13.2 Å². The molecule has 3 nitrogen and oxygen atoms in total. The fourth-order valence-corrected chi connectivity index (χ4v) is 4.41. The molecule has 2 spiro atoms. The van der Waals surface area contributed by atoms with Gasteiger partial charge in [0.25, 0.3) is 0 Å². The quantitative estimate of drug-likeness (QED) is 0.602. The van der Waals surface area contributed by atoms with Gasteiger partial charge in [0.1, 0.15) is 5.78 Å². The van der Waals surface area contributed by atoms with E-state index in [9.17, 15) is 4.79 Å². The summed E-state index contributed by atoms with van der Waals surface area (Å²) in [7, 11) is 0. The van der Waals surface area contributed by atoms with E-state index in [0.717, 1.165) is 25.7 Å². The van der Waals surface area contributed by atoms with E-state index in [1.807, 2.05) is 0 Å². The van der Waals surface area contributed by atoms with Crippen LogP contribution in [0.3, 0.4) is 0 Å². The summed E-state index contributed by atoms with van der Waals surface area (Å²) in [6, 6.07) is 0. The van der Waals surface area contributed by atoms with Crippen molar-refractivity contribution in [2.24, 2.45) is 17.3 Å². The zero-order chi connectivity index (χ0) is 11.5. The summed E-state index contributed by atoms with van der Waals surface area (Å²) in [6.45, 7) is 1.36. The molecule has 3 atom stereocenters. The summed E-state index contributed by atoms with van der Waals surface area (Å²) in [5.41, 5.74) is -0.253. The van der Waals surface area contributed by atoms with Crippen molar-refractivity contribution < 1.29 is 14.3 Å². The average molecular weight is 234 g/mol. The van der Waals surface area contributed by atoms with Crippen LogP contribution in [-0.2, 0) is 14.3 Å². The Hall–Kier alpha value is -0.670. The molecule has 3 heteroatoms. The summed E-state index contributed by atoms with van der Waals surface area (Å²) >= 11 is 0. The van der Waals surface area contributed by atoms with E-state index in [-0.39, 0.29) is 5.41 Å². The van der Waals surface area contributed by atoms with Gasteiger partial charge in [0.05, 0.1) is 18.6 Å². The Labute approximate surface area is 101 Å². The Kier molecular flexibility index (Phi) is 1.94. The lowest BCUT2D eigenvalue weighted by molar-refractivity contribution is -0.237. The van der Waals surface area contributed by atoms with Crippen molar-refractivity contribution in [3.05, 3.63) is 12.2 Å². The number of Topliss-reactive ketones (excluding diaryl/α,β-unsaturated/α-hetero) is 1. The third-order valence-corrected chi connectivity index (χ3v) is 5.25. The van der Waals surface area contributed by atoms with Crippen LogP contribution < -0.4 is 0 Å². The van der Waals surface area contributed by atoms with Crippen molar-refractivity contribution in [1.82, 2.24) is 0 Å². The van der Waals surface area contributed by atoms with Gasteiger partial charge in [-0.1, -0.05) is 12.2 Å². The molecule has 0 unspecified atom stereocenters. The number of ketones is 1. The Morgan fingerprint density at radius 1 is 1.29 bits per heavy atom. The summed E-state index contributed by atoms with van der Waals surface area (Å²) in [6.07, 6.45) is 9.22. The van der Waals surface area contributed by atoms with Crippen LogP contribution in [0.5, 0.6) is 0 Å². The summed E-state index contributed by atoms with van der Waals surface area (Å²) in [5.74, 6) is 0.861. The summed E-state index contributed by atoms with van der Waals surface area (Å²) in [5, 5.41) is 0. The SMILES string of the molecule is O=C1CCC[C@@H]2C[C@@H]3C=C[C@]12CC31OCCO1. The smallest absolute Gasteiger partial charge is 0.175 e. The molecule has 92 valence electrons. The normalized spacial score (nSPS) is 46.5. The Bertz CT molecular complexity index is 394. The highest BCUT2D eigenvalue weighted by Gasteiger charge is 2.62. The summed E-state index contributed by atoms with van der Waals surface area (Å²) in [4.78, 5) is 12.4. The van der Waals surface area contributed by atoms with Crippen molar-refractivity contribution in [1.29, 1.82) is 0 Å². The Morgan fingerprint density at radius 2 is 2.12 bits per heavy atom. The van der Waals surface area contributed by atoms with Crippen LogP contribution in [0.15, 0.2) is 12.2 Å². The molecule has 0 radical (unpaired) electrons. The van der Waals surface area contributed by atoms with Gasteiger partial charge in [-0.05, 0) is 25.2 Å². The predicted octanol–water partition coefficient (Wildman–Crippen LogP) is 2.06. The van der Waals surface area contributed by atoms with Gasteiger partial charge in [-0.2, -0.15) is 0 Å². The monoisotopic (exact) mass is 234 g/mol. The van der Waals surface area contributed by atoms with Crippen molar-refractivity contribution in [2.45, 2.75) is 37.9 Å². The Balaban J connectivity index is 1.78. The molecule has 17 heavy (non-hydrogen) atoms. The molecular weight excluding hydrogens is 216 g/mol. The minimum Gasteiger partial charge on any atom is -0.347 e. The number of rotatable bonds is 0. The molecule has 5 aliphatic rings. The molecule has 1 saturated heterocycles. The van der Waals surface area contributed by atoms with Crippen LogP contribution in [-0.4, -0.2) is 24.8 Å². The molecule has 2 bridgehead atoms. The summed E-state index contributed by atoms with van der Waals surface area (Å²) < 4.78 is 11.8. The van der Waals surface area contributed by atoms with Crippen LogP contribution in [0.1, 0.15) is 32.1 Å². The molecule has 2 saturated carbocycles. The second-order valence-electron chi connectivity index (χ2n) is 5.94. The van der Waals surface area contributed by atoms with Crippen molar-refractivity contribution in [3.8, 4) is 0 Å². The first-order chi connectivity index (χ1) is 8.25. The largest absolute Gasteiger partial charge is 0.347 e. The number of carbonyl (C=O) groups excluding carboxylic acids is 1. The highest BCUT2D eigenvalue weighted by molar-refractivity contribution is 5.88. The maximum atomic E-state index is 12.4. The molecule has 0 N–H and O–H groups in total. The van der Waals surface area contributed by atoms with Crippen LogP contribution in [0.2, 0.25) is 0 Å². The zero-order valence-corrected chi connectivity index (χ0v) is 9.98. The lowest BCUT2D eigenvalue weighted by Gasteiger charge is -2.56. The third-order valence-electron chi connectivity index (χ3n) is 5.25. The number of carbonyl (C=O) groups is 1. The van der Waals surface area contributed by atoms with E-state index < -0.39 is 5.79 Å². The molecule has 5 rings (SSSR count). The van der Waals surface area contributed by atoms with Gasteiger partial charge in [-0.15, -0.1) is 0 Å². The van der Waals surface area contributed by atoms with E-state index in [4.69, 9.17) is 9.47 Å². The molecular formula is C14H18O3.